The van der Waals surface area contributed by atoms with Gasteiger partial charge in [-0.2, -0.15) is 5.10 Å². The van der Waals surface area contributed by atoms with E-state index in [0.29, 0.717) is 6.61 Å². The zero-order chi connectivity index (χ0) is 11.1. The van der Waals surface area contributed by atoms with E-state index in [4.69, 9.17) is 11.2 Å². The highest BCUT2D eigenvalue weighted by molar-refractivity contribution is 5.24. The van der Waals surface area contributed by atoms with Crippen molar-refractivity contribution < 1.29 is 4.74 Å². The van der Waals surface area contributed by atoms with Crippen molar-refractivity contribution >= 4 is 0 Å². The smallest absolute Gasteiger partial charge is 0.160 e. The average Bonchev–Trinajstić information content (AvgIpc) is 2.62. The van der Waals surface area contributed by atoms with Crippen molar-refractivity contribution in [2.75, 3.05) is 6.61 Å². The maximum atomic E-state index is 5.49. The SMILES string of the molecule is C#CCCCn1cc(OCC)c(CC)n1. The molecule has 0 amide bonds. The summed E-state index contributed by atoms with van der Waals surface area (Å²) in [5.41, 5.74) is 1.03. The third kappa shape index (κ3) is 3.32. The van der Waals surface area contributed by atoms with Crippen LogP contribution < -0.4 is 4.74 Å². The van der Waals surface area contributed by atoms with Crippen molar-refractivity contribution in [1.82, 2.24) is 9.78 Å². The van der Waals surface area contributed by atoms with Gasteiger partial charge in [-0.05, 0) is 19.8 Å². The first kappa shape index (κ1) is 11.6. The Balaban J connectivity index is 2.61. The fourth-order valence-corrected chi connectivity index (χ4v) is 1.42. The van der Waals surface area contributed by atoms with Crippen LogP contribution in [0.25, 0.3) is 0 Å². The number of aromatic nitrogens is 2. The van der Waals surface area contributed by atoms with Gasteiger partial charge in [0.15, 0.2) is 5.75 Å². The molecule has 3 heteroatoms. The molecule has 1 aromatic rings. The molecule has 0 bridgehead atoms. The quantitative estimate of drug-likeness (QED) is 0.527. The molecule has 0 aliphatic carbocycles. The Bertz CT molecular complexity index is 336. The highest BCUT2D eigenvalue weighted by Gasteiger charge is 2.07. The lowest BCUT2D eigenvalue weighted by Crippen LogP contribution is -1.98. The van der Waals surface area contributed by atoms with Crippen molar-refractivity contribution in [2.45, 2.75) is 39.7 Å². The normalized spacial score (nSPS) is 9.93. The molecule has 0 saturated carbocycles. The molecule has 3 nitrogen and oxygen atoms in total. The van der Waals surface area contributed by atoms with Gasteiger partial charge in [0.25, 0.3) is 0 Å². The molecule has 0 unspecified atom stereocenters. The molecule has 0 N–H and O–H groups in total. The van der Waals surface area contributed by atoms with E-state index in [2.05, 4.69) is 17.9 Å². The van der Waals surface area contributed by atoms with E-state index in [9.17, 15) is 0 Å². The van der Waals surface area contributed by atoms with E-state index in [-0.39, 0.29) is 0 Å². The number of ether oxygens (including phenoxy) is 1. The number of hydrogen-bond donors (Lipinski definition) is 0. The summed E-state index contributed by atoms with van der Waals surface area (Å²) in [6.45, 7) is 5.61. The van der Waals surface area contributed by atoms with Gasteiger partial charge >= 0.3 is 0 Å². The lowest BCUT2D eigenvalue weighted by Gasteiger charge is -1.99. The van der Waals surface area contributed by atoms with Crippen LogP contribution in [0.5, 0.6) is 5.75 Å². The maximum Gasteiger partial charge on any atom is 0.160 e. The standard InChI is InChI=1S/C12H18N2O/c1-4-7-8-9-14-10-12(15-6-3)11(5-2)13-14/h1,10H,5-9H2,2-3H3. The van der Waals surface area contributed by atoms with Crippen LogP contribution in [0.4, 0.5) is 0 Å². The van der Waals surface area contributed by atoms with Crippen LogP contribution in [0.15, 0.2) is 6.20 Å². The third-order valence-electron chi connectivity index (χ3n) is 2.14. The van der Waals surface area contributed by atoms with Gasteiger partial charge in [-0.1, -0.05) is 6.92 Å². The van der Waals surface area contributed by atoms with Crippen molar-refractivity contribution in [1.29, 1.82) is 0 Å². The Kier molecular flexibility index (Phi) is 4.76. The predicted octanol–water partition coefficient (Wildman–Crippen LogP) is 2.26. The summed E-state index contributed by atoms with van der Waals surface area (Å²) >= 11 is 0. The van der Waals surface area contributed by atoms with Gasteiger partial charge in [-0.3, -0.25) is 4.68 Å². The highest BCUT2D eigenvalue weighted by atomic mass is 16.5. The number of aryl methyl sites for hydroxylation is 2. The molecule has 0 saturated heterocycles. The Morgan fingerprint density at radius 1 is 1.53 bits per heavy atom. The van der Waals surface area contributed by atoms with Crippen LogP contribution in [-0.4, -0.2) is 16.4 Å². The molecule has 1 rings (SSSR count). The van der Waals surface area contributed by atoms with Crippen LogP contribution in [0.3, 0.4) is 0 Å². The molecule has 0 aromatic carbocycles. The molecule has 0 atom stereocenters. The molecule has 1 aromatic heterocycles. The molecule has 0 fully saturated rings. The first-order valence-corrected chi connectivity index (χ1v) is 5.44. The average molecular weight is 206 g/mol. The van der Waals surface area contributed by atoms with E-state index >= 15 is 0 Å². The molecule has 0 spiro atoms. The zero-order valence-corrected chi connectivity index (χ0v) is 9.49. The van der Waals surface area contributed by atoms with E-state index < -0.39 is 0 Å². The summed E-state index contributed by atoms with van der Waals surface area (Å²) < 4.78 is 7.41. The predicted molar refractivity (Wildman–Crippen MR) is 60.8 cm³/mol. The fraction of sp³-hybridized carbons (Fsp3) is 0.583. The lowest BCUT2D eigenvalue weighted by molar-refractivity contribution is 0.336. The Labute approximate surface area is 91.4 Å². The van der Waals surface area contributed by atoms with Crippen LogP contribution in [0, 0.1) is 12.3 Å². The molecule has 82 valence electrons. The monoisotopic (exact) mass is 206 g/mol. The number of unbranched alkanes of at least 4 members (excludes halogenated alkanes) is 1. The highest BCUT2D eigenvalue weighted by Crippen LogP contribution is 2.17. The van der Waals surface area contributed by atoms with E-state index in [1.807, 2.05) is 17.8 Å². The Hall–Kier alpha value is -1.43. The second-order valence-electron chi connectivity index (χ2n) is 3.30. The number of rotatable bonds is 6. The number of terminal acetylenes is 1. The molecule has 15 heavy (non-hydrogen) atoms. The minimum atomic E-state index is 0.684. The molecule has 1 heterocycles. The first-order valence-electron chi connectivity index (χ1n) is 5.44. The van der Waals surface area contributed by atoms with Gasteiger partial charge in [0, 0.05) is 13.0 Å². The largest absolute Gasteiger partial charge is 0.490 e. The van der Waals surface area contributed by atoms with Gasteiger partial charge in [0.1, 0.15) is 5.69 Å². The summed E-state index contributed by atoms with van der Waals surface area (Å²) in [5.74, 6) is 3.53. The van der Waals surface area contributed by atoms with Crippen molar-refractivity contribution in [3.8, 4) is 18.1 Å². The molecular weight excluding hydrogens is 188 g/mol. The first-order chi connectivity index (χ1) is 7.31. The Morgan fingerprint density at radius 3 is 2.93 bits per heavy atom. The zero-order valence-electron chi connectivity index (χ0n) is 9.49. The fourth-order valence-electron chi connectivity index (χ4n) is 1.42. The number of hydrogen-bond acceptors (Lipinski definition) is 2. The van der Waals surface area contributed by atoms with Crippen molar-refractivity contribution in [3.63, 3.8) is 0 Å². The maximum absolute atomic E-state index is 5.49. The minimum Gasteiger partial charge on any atom is -0.490 e. The van der Waals surface area contributed by atoms with E-state index in [0.717, 1.165) is 37.3 Å². The molecule has 0 radical (unpaired) electrons. The molecular formula is C12H18N2O. The van der Waals surface area contributed by atoms with E-state index in [1.165, 1.54) is 0 Å². The van der Waals surface area contributed by atoms with Gasteiger partial charge in [0.05, 0.1) is 12.8 Å². The van der Waals surface area contributed by atoms with Crippen LogP contribution >= 0.6 is 0 Å². The minimum absolute atomic E-state index is 0.684. The van der Waals surface area contributed by atoms with Gasteiger partial charge in [-0.25, -0.2) is 0 Å². The summed E-state index contributed by atoms with van der Waals surface area (Å²) in [4.78, 5) is 0. The second-order valence-corrected chi connectivity index (χ2v) is 3.30. The topological polar surface area (TPSA) is 27.1 Å². The molecule has 0 aliphatic rings. The van der Waals surface area contributed by atoms with Crippen LogP contribution in [0.2, 0.25) is 0 Å². The third-order valence-corrected chi connectivity index (χ3v) is 2.14. The van der Waals surface area contributed by atoms with Gasteiger partial charge < -0.3 is 4.74 Å². The van der Waals surface area contributed by atoms with E-state index in [1.54, 1.807) is 0 Å². The summed E-state index contributed by atoms with van der Waals surface area (Å²) in [7, 11) is 0. The molecule has 0 aliphatic heterocycles. The number of nitrogens with zero attached hydrogens (tertiary/aromatic N) is 2. The van der Waals surface area contributed by atoms with Crippen molar-refractivity contribution in [2.24, 2.45) is 0 Å². The Morgan fingerprint density at radius 2 is 2.33 bits per heavy atom. The van der Waals surface area contributed by atoms with Crippen LogP contribution in [0.1, 0.15) is 32.4 Å². The lowest BCUT2D eigenvalue weighted by atomic mass is 10.3. The summed E-state index contributed by atoms with van der Waals surface area (Å²) in [6, 6.07) is 0. The summed E-state index contributed by atoms with van der Waals surface area (Å²) in [5, 5.41) is 4.44. The van der Waals surface area contributed by atoms with Gasteiger partial charge in [-0.15, -0.1) is 12.3 Å². The summed E-state index contributed by atoms with van der Waals surface area (Å²) in [6.07, 6.45) is 9.82. The van der Waals surface area contributed by atoms with Crippen LogP contribution in [-0.2, 0) is 13.0 Å². The van der Waals surface area contributed by atoms with Crippen molar-refractivity contribution in [3.05, 3.63) is 11.9 Å². The van der Waals surface area contributed by atoms with Gasteiger partial charge in [0.2, 0.25) is 0 Å². The second kappa shape index (κ2) is 6.13.